The number of anilines is 1. The van der Waals surface area contributed by atoms with Gasteiger partial charge < -0.3 is 15.4 Å². The van der Waals surface area contributed by atoms with Gasteiger partial charge in [-0.3, -0.25) is 14.9 Å². The third kappa shape index (κ3) is 3.81. The fourth-order valence-electron chi connectivity index (χ4n) is 3.04. The number of esters is 1. The molecule has 1 aliphatic rings. The molecule has 2 N–H and O–H groups in total. The average Bonchev–Trinajstić information content (AvgIpc) is 2.52. The van der Waals surface area contributed by atoms with Crippen molar-refractivity contribution in [2.24, 2.45) is 0 Å². The van der Waals surface area contributed by atoms with Crippen LogP contribution < -0.4 is 5.73 Å². The largest absolute Gasteiger partial charge is 0.452 e. The Morgan fingerprint density at radius 3 is 2.50 bits per heavy atom. The Hall–Kier alpha value is -2.64. The minimum atomic E-state index is -0.770. The summed E-state index contributed by atoms with van der Waals surface area (Å²) in [6, 6.07) is 3.72. The lowest BCUT2D eigenvalue weighted by molar-refractivity contribution is -0.384. The molecule has 1 heterocycles. The Morgan fingerprint density at radius 2 is 1.96 bits per heavy atom. The van der Waals surface area contributed by atoms with Crippen LogP contribution in [0.2, 0.25) is 0 Å². The van der Waals surface area contributed by atoms with E-state index < -0.39 is 10.9 Å². The van der Waals surface area contributed by atoms with Gasteiger partial charge in [-0.05, 0) is 39.2 Å². The normalized spacial score (nSPS) is 20.5. The predicted octanol–water partition coefficient (Wildman–Crippen LogP) is 2.12. The van der Waals surface area contributed by atoms with Crippen LogP contribution in [0.4, 0.5) is 11.4 Å². The summed E-state index contributed by atoms with van der Waals surface area (Å²) in [4.78, 5) is 36.2. The summed E-state index contributed by atoms with van der Waals surface area (Å²) in [5, 5.41) is 10.7. The molecule has 1 aromatic rings. The van der Waals surface area contributed by atoms with Crippen LogP contribution in [0.5, 0.6) is 0 Å². The van der Waals surface area contributed by atoms with Gasteiger partial charge in [0, 0.05) is 24.2 Å². The summed E-state index contributed by atoms with van der Waals surface area (Å²) in [7, 11) is 0. The highest BCUT2D eigenvalue weighted by atomic mass is 16.6. The van der Waals surface area contributed by atoms with Crippen LogP contribution in [0.1, 0.15) is 43.5 Å². The number of nitro benzene ring substituents is 1. The van der Waals surface area contributed by atoms with Crippen molar-refractivity contribution in [3.63, 3.8) is 0 Å². The van der Waals surface area contributed by atoms with Crippen LogP contribution in [-0.4, -0.2) is 40.4 Å². The first-order chi connectivity index (χ1) is 11.3. The monoisotopic (exact) mass is 335 g/mol. The van der Waals surface area contributed by atoms with E-state index >= 15 is 0 Å². The van der Waals surface area contributed by atoms with Gasteiger partial charge >= 0.3 is 5.97 Å². The molecule has 0 spiro atoms. The molecule has 24 heavy (non-hydrogen) atoms. The molecule has 0 radical (unpaired) electrons. The summed E-state index contributed by atoms with van der Waals surface area (Å²) in [5.41, 5.74) is 5.39. The fourth-order valence-corrected chi connectivity index (χ4v) is 3.04. The SMILES string of the molecule is C[C@@H]1CCC[C@H](C)N1C(=O)COC(=O)c1ccc([N+](=O)[O-])cc1N. The second-order valence-electron chi connectivity index (χ2n) is 6.03. The summed E-state index contributed by atoms with van der Waals surface area (Å²) in [6.07, 6.45) is 2.93. The van der Waals surface area contributed by atoms with Crippen molar-refractivity contribution in [2.75, 3.05) is 12.3 Å². The summed E-state index contributed by atoms with van der Waals surface area (Å²) in [5.74, 6) is -1.02. The second-order valence-corrected chi connectivity index (χ2v) is 6.03. The van der Waals surface area contributed by atoms with Crippen molar-refractivity contribution in [2.45, 2.75) is 45.2 Å². The zero-order valence-corrected chi connectivity index (χ0v) is 13.7. The van der Waals surface area contributed by atoms with E-state index in [9.17, 15) is 19.7 Å². The van der Waals surface area contributed by atoms with Crippen LogP contribution in [-0.2, 0) is 9.53 Å². The number of hydrogen-bond acceptors (Lipinski definition) is 6. The maximum absolute atomic E-state index is 12.3. The molecule has 0 aliphatic carbocycles. The van der Waals surface area contributed by atoms with E-state index in [1.807, 2.05) is 13.8 Å². The van der Waals surface area contributed by atoms with Gasteiger partial charge in [-0.15, -0.1) is 0 Å². The number of carbonyl (C=O) groups is 2. The van der Waals surface area contributed by atoms with Crippen LogP contribution in [0.3, 0.4) is 0 Å². The average molecular weight is 335 g/mol. The van der Waals surface area contributed by atoms with E-state index in [0.29, 0.717) is 0 Å². The molecule has 2 rings (SSSR count). The Labute approximate surface area is 139 Å². The van der Waals surface area contributed by atoms with Gasteiger partial charge in [-0.25, -0.2) is 4.79 Å². The number of benzene rings is 1. The maximum Gasteiger partial charge on any atom is 0.340 e. The smallest absolute Gasteiger partial charge is 0.340 e. The molecule has 1 aliphatic heterocycles. The molecule has 130 valence electrons. The summed E-state index contributed by atoms with van der Waals surface area (Å²) < 4.78 is 5.04. The first-order valence-electron chi connectivity index (χ1n) is 7.83. The number of ether oxygens (including phenoxy) is 1. The topological polar surface area (TPSA) is 116 Å². The molecule has 1 aromatic carbocycles. The van der Waals surface area contributed by atoms with Gasteiger partial charge in [0.25, 0.3) is 11.6 Å². The molecule has 1 amide bonds. The maximum atomic E-state index is 12.3. The van der Waals surface area contributed by atoms with Crippen LogP contribution >= 0.6 is 0 Å². The molecule has 0 unspecified atom stereocenters. The molecule has 1 fully saturated rings. The van der Waals surface area contributed by atoms with Gasteiger partial charge in [0.15, 0.2) is 6.61 Å². The van der Waals surface area contributed by atoms with Gasteiger partial charge in [-0.1, -0.05) is 0 Å². The van der Waals surface area contributed by atoms with Gasteiger partial charge in [0.2, 0.25) is 0 Å². The molecule has 8 nitrogen and oxygen atoms in total. The Balaban J connectivity index is 2.00. The number of nitrogens with two attached hydrogens (primary N) is 1. The number of nitro groups is 1. The molecule has 0 saturated carbocycles. The number of amides is 1. The Kier molecular flexibility index (Phi) is 5.38. The highest BCUT2D eigenvalue weighted by Gasteiger charge is 2.29. The van der Waals surface area contributed by atoms with E-state index in [0.717, 1.165) is 25.3 Å². The van der Waals surface area contributed by atoms with Crippen molar-refractivity contribution in [1.29, 1.82) is 0 Å². The number of carbonyl (C=O) groups excluding carboxylic acids is 2. The van der Waals surface area contributed by atoms with Crippen molar-refractivity contribution in [3.8, 4) is 0 Å². The lowest BCUT2D eigenvalue weighted by Crippen LogP contribution is -2.49. The first kappa shape index (κ1) is 17.7. The number of nitrogen functional groups attached to an aromatic ring is 1. The van der Waals surface area contributed by atoms with E-state index in [4.69, 9.17) is 10.5 Å². The number of rotatable bonds is 4. The Bertz CT molecular complexity index is 651. The van der Waals surface area contributed by atoms with Crippen molar-refractivity contribution < 1.29 is 19.2 Å². The van der Waals surface area contributed by atoms with Gasteiger partial charge in [0.05, 0.1) is 16.2 Å². The molecule has 0 bridgehead atoms. The summed E-state index contributed by atoms with van der Waals surface area (Å²) in [6.45, 7) is 3.58. The third-order valence-electron chi connectivity index (χ3n) is 4.27. The number of non-ortho nitro benzene ring substituents is 1. The van der Waals surface area contributed by atoms with Gasteiger partial charge in [0.1, 0.15) is 0 Å². The van der Waals surface area contributed by atoms with E-state index in [1.165, 1.54) is 12.1 Å². The minimum absolute atomic E-state index is 0.00754. The molecule has 1 saturated heterocycles. The molecular formula is C16H21N3O5. The molecule has 8 heteroatoms. The zero-order chi connectivity index (χ0) is 17.9. The lowest BCUT2D eigenvalue weighted by Gasteiger charge is -2.38. The number of hydrogen-bond donors (Lipinski definition) is 1. The number of nitrogens with zero attached hydrogens (tertiary/aromatic N) is 2. The standard InChI is InChI=1S/C16H21N3O5/c1-10-4-3-5-11(2)18(10)15(20)9-24-16(21)13-7-6-12(19(22)23)8-14(13)17/h6-8,10-11H,3-5,9,17H2,1-2H3/t10-,11+. The van der Waals surface area contributed by atoms with E-state index in [-0.39, 0.29) is 41.5 Å². The number of likely N-dealkylation sites (tertiary alicyclic amines) is 1. The zero-order valence-electron chi connectivity index (χ0n) is 13.7. The van der Waals surface area contributed by atoms with E-state index in [2.05, 4.69) is 0 Å². The molecule has 0 aromatic heterocycles. The van der Waals surface area contributed by atoms with Crippen LogP contribution in [0.25, 0.3) is 0 Å². The van der Waals surface area contributed by atoms with Crippen molar-refractivity contribution in [3.05, 3.63) is 33.9 Å². The minimum Gasteiger partial charge on any atom is -0.452 e. The highest BCUT2D eigenvalue weighted by Crippen LogP contribution is 2.23. The fraction of sp³-hybridized carbons (Fsp3) is 0.500. The van der Waals surface area contributed by atoms with Crippen molar-refractivity contribution >= 4 is 23.3 Å². The first-order valence-corrected chi connectivity index (χ1v) is 7.83. The van der Waals surface area contributed by atoms with Gasteiger partial charge in [-0.2, -0.15) is 0 Å². The predicted molar refractivity (Wildman–Crippen MR) is 87.4 cm³/mol. The van der Waals surface area contributed by atoms with Crippen LogP contribution in [0.15, 0.2) is 18.2 Å². The molecule has 2 atom stereocenters. The third-order valence-corrected chi connectivity index (χ3v) is 4.27. The quantitative estimate of drug-likeness (QED) is 0.390. The highest BCUT2D eigenvalue weighted by molar-refractivity contribution is 5.96. The Morgan fingerprint density at radius 1 is 1.33 bits per heavy atom. The van der Waals surface area contributed by atoms with Crippen LogP contribution in [0, 0.1) is 10.1 Å². The number of piperidine rings is 1. The lowest BCUT2D eigenvalue weighted by atomic mass is 9.97. The second kappa shape index (κ2) is 7.29. The summed E-state index contributed by atoms with van der Waals surface area (Å²) >= 11 is 0. The molecular weight excluding hydrogens is 314 g/mol. The van der Waals surface area contributed by atoms with E-state index in [1.54, 1.807) is 4.90 Å². The van der Waals surface area contributed by atoms with Crippen molar-refractivity contribution in [1.82, 2.24) is 4.90 Å².